The van der Waals surface area contributed by atoms with E-state index in [2.05, 4.69) is 28.8 Å². The van der Waals surface area contributed by atoms with Gasteiger partial charge in [-0.3, -0.25) is 0 Å². The van der Waals surface area contributed by atoms with Gasteiger partial charge in [-0.15, -0.1) is 0 Å². The van der Waals surface area contributed by atoms with Crippen molar-refractivity contribution in [1.29, 1.82) is 0 Å². The zero-order valence-electron chi connectivity index (χ0n) is 17.2. The van der Waals surface area contributed by atoms with Crippen molar-refractivity contribution in [2.45, 2.75) is 13.2 Å². The second-order valence-electron chi connectivity index (χ2n) is 7.56. The zero-order chi connectivity index (χ0) is 21.9. The molecule has 5 rings (SSSR count). The first-order chi connectivity index (χ1) is 15.7. The number of fused-ring (bicyclic) bond motifs is 1. The summed E-state index contributed by atoms with van der Waals surface area (Å²) in [6.07, 6.45) is 0. The Morgan fingerprint density at radius 3 is 2.03 bits per heavy atom. The molecule has 32 heavy (non-hydrogen) atoms. The summed E-state index contributed by atoms with van der Waals surface area (Å²) < 4.78 is 8.11. The summed E-state index contributed by atoms with van der Waals surface area (Å²) in [6, 6.07) is 32.2. The molecule has 1 heterocycles. The number of hydrogen-bond acceptors (Lipinski definition) is 2. The Bertz CT molecular complexity index is 1350. The Morgan fingerprint density at radius 1 is 0.719 bits per heavy atom. The number of halogens is 2. The lowest BCUT2D eigenvalue weighted by atomic mass is 10.2. The van der Waals surface area contributed by atoms with Crippen LogP contribution >= 0.6 is 23.2 Å². The van der Waals surface area contributed by atoms with E-state index in [1.54, 1.807) is 0 Å². The van der Waals surface area contributed by atoms with Crippen LogP contribution in [0.25, 0.3) is 22.4 Å². The lowest BCUT2D eigenvalue weighted by Gasteiger charge is -2.11. The first-order valence-electron chi connectivity index (χ1n) is 10.3. The molecule has 0 saturated heterocycles. The summed E-state index contributed by atoms with van der Waals surface area (Å²) in [6.45, 7) is 1.21. The molecule has 0 N–H and O–H groups in total. The van der Waals surface area contributed by atoms with Gasteiger partial charge >= 0.3 is 0 Å². The van der Waals surface area contributed by atoms with Gasteiger partial charge in [-0.05, 0) is 47.5 Å². The van der Waals surface area contributed by atoms with Gasteiger partial charge in [0, 0.05) is 12.1 Å². The van der Waals surface area contributed by atoms with E-state index in [0.29, 0.717) is 23.2 Å². The van der Waals surface area contributed by atoms with E-state index in [9.17, 15) is 0 Å². The Morgan fingerprint density at radius 2 is 1.34 bits per heavy atom. The van der Waals surface area contributed by atoms with E-state index >= 15 is 0 Å². The fourth-order valence-corrected chi connectivity index (χ4v) is 4.02. The molecule has 4 aromatic carbocycles. The molecule has 0 bridgehead atoms. The molecule has 0 unspecified atom stereocenters. The summed E-state index contributed by atoms with van der Waals surface area (Å²) in [4.78, 5) is 4.88. The smallest absolute Gasteiger partial charge is 0.141 e. The van der Waals surface area contributed by atoms with Gasteiger partial charge in [-0.25, -0.2) is 4.98 Å². The minimum Gasteiger partial charge on any atom is -0.489 e. The van der Waals surface area contributed by atoms with E-state index in [1.807, 2.05) is 72.8 Å². The second-order valence-corrected chi connectivity index (χ2v) is 8.38. The third-order valence-corrected chi connectivity index (χ3v) is 6.06. The minimum atomic E-state index is 0.500. The highest BCUT2D eigenvalue weighted by molar-refractivity contribution is 6.42. The highest BCUT2D eigenvalue weighted by atomic mass is 35.5. The zero-order valence-corrected chi connectivity index (χ0v) is 18.7. The minimum absolute atomic E-state index is 0.500. The molecule has 0 aliphatic heterocycles. The van der Waals surface area contributed by atoms with Crippen LogP contribution in [0.1, 0.15) is 11.1 Å². The molecule has 158 valence electrons. The highest BCUT2D eigenvalue weighted by Crippen LogP contribution is 2.32. The van der Waals surface area contributed by atoms with Crippen molar-refractivity contribution in [3.63, 3.8) is 0 Å². The largest absolute Gasteiger partial charge is 0.489 e. The number of imidazole rings is 1. The second kappa shape index (κ2) is 9.07. The predicted octanol–water partition coefficient (Wildman–Crippen LogP) is 7.64. The number of hydrogen-bond donors (Lipinski definition) is 0. The molecular formula is C27H20Cl2N2O. The first kappa shape index (κ1) is 20.6. The molecular weight excluding hydrogens is 439 g/mol. The van der Waals surface area contributed by atoms with Crippen molar-refractivity contribution in [2.75, 3.05) is 0 Å². The monoisotopic (exact) mass is 458 g/mol. The Labute approximate surface area is 196 Å². The SMILES string of the molecule is Clc1cc2nc(-c3ccc(OCc4ccccc4)cc3)n(Cc3ccccc3)c2cc1Cl. The third-order valence-electron chi connectivity index (χ3n) is 5.33. The molecule has 0 amide bonds. The van der Waals surface area contributed by atoms with Gasteiger partial charge in [-0.2, -0.15) is 0 Å². The van der Waals surface area contributed by atoms with E-state index in [0.717, 1.165) is 33.7 Å². The van der Waals surface area contributed by atoms with E-state index in [4.69, 9.17) is 32.9 Å². The lowest BCUT2D eigenvalue weighted by Crippen LogP contribution is -2.02. The van der Waals surface area contributed by atoms with E-state index in [-0.39, 0.29) is 0 Å². The maximum Gasteiger partial charge on any atom is 0.141 e. The van der Waals surface area contributed by atoms with Crippen molar-refractivity contribution in [3.05, 3.63) is 118 Å². The van der Waals surface area contributed by atoms with Crippen LogP contribution in [-0.2, 0) is 13.2 Å². The van der Waals surface area contributed by atoms with Crippen molar-refractivity contribution < 1.29 is 4.74 Å². The standard InChI is InChI=1S/C27H20Cl2N2O/c28-23-15-25-26(16-24(23)29)31(17-19-7-3-1-4-8-19)27(30-25)21-11-13-22(14-12-21)32-18-20-9-5-2-6-10-20/h1-16H,17-18H2. The molecule has 0 atom stereocenters. The van der Waals surface area contributed by atoms with Crippen LogP contribution in [0.4, 0.5) is 0 Å². The van der Waals surface area contributed by atoms with Gasteiger partial charge in [-0.1, -0.05) is 83.9 Å². The summed E-state index contributed by atoms with van der Waals surface area (Å²) >= 11 is 12.6. The quantitative estimate of drug-likeness (QED) is 0.261. The summed E-state index contributed by atoms with van der Waals surface area (Å²) in [7, 11) is 0. The van der Waals surface area contributed by atoms with E-state index < -0.39 is 0 Å². The molecule has 5 aromatic rings. The van der Waals surface area contributed by atoms with Crippen LogP contribution in [0.3, 0.4) is 0 Å². The van der Waals surface area contributed by atoms with Gasteiger partial charge in [0.05, 0.1) is 21.1 Å². The van der Waals surface area contributed by atoms with Crippen LogP contribution in [0.5, 0.6) is 5.75 Å². The first-order valence-corrected chi connectivity index (χ1v) is 11.1. The van der Waals surface area contributed by atoms with Gasteiger partial charge in [0.2, 0.25) is 0 Å². The number of nitrogens with zero attached hydrogens (tertiary/aromatic N) is 2. The van der Waals surface area contributed by atoms with Crippen molar-refractivity contribution in [3.8, 4) is 17.1 Å². The van der Waals surface area contributed by atoms with E-state index in [1.165, 1.54) is 5.56 Å². The fraction of sp³-hybridized carbons (Fsp3) is 0.0741. The molecule has 0 fully saturated rings. The van der Waals surface area contributed by atoms with Crippen LogP contribution in [-0.4, -0.2) is 9.55 Å². The number of aromatic nitrogens is 2. The normalized spacial score (nSPS) is 11.1. The van der Waals surface area contributed by atoms with Crippen LogP contribution < -0.4 is 4.74 Å². The van der Waals surface area contributed by atoms with Gasteiger partial charge in [0.25, 0.3) is 0 Å². The summed E-state index contributed by atoms with van der Waals surface area (Å²) in [5, 5.41) is 1.02. The van der Waals surface area contributed by atoms with Crippen molar-refractivity contribution in [1.82, 2.24) is 9.55 Å². The molecule has 0 spiro atoms. The molecule has 0 aliphatic rings. The van der Waals surface area contributed by atoms with Crippen molar-refractivity contribution in [2.24, 2.45) is 0 Å². The maximum absolute atomic E-state index is 6.33. The molecule has 0 aliphatic carbocycles. The molecule has 3 nitrogen and oxygen atoms in total. The number of ether oxygens (including phenoxy) is 1. The van der Waals surface area contributed by atoms with Crippen molar-refractivity contribution >= 4 is 34.2 Å². The Balaban J connectivity index is 1.49. The van der Waals surface area contributed by atoms with Crippen LogP contribution in [0.2, 0.25) is 10.0 Å². The predicted molar refractivity (Wildman–Crippen MR) is 132 cm³/mol. The molecule has 5 heteroatoms. The Kier molecular flexibility index (Phi) is 5.85. The summed E-state index contributed by atoms with van der Waals surface area (Å²) in [5.74, 6) is 1.67. The topological polar surface area (TPSA) is 27.1 Å². The lowest BCUT2D eigenvalue weighted by molar-refractivity contribution is 0.306. The van der Waals surface area contributed by atoms with Gasteiger partial charge in [0.15, 0.2) is 0 Å². The molecule has 0 saturated carbocycles. The molecule has 0 radical (unpaired) electrons. The third kappa shape index (κ3) is 4.36. The number of benzene rings is 4. The highest BCUT2D eigenvalue weighted by Gasteiger charge is 2.15. The number of rotatable bonds is 6. The maximum atomic E-state index is 6.33. The molecule has 1 aromatic heterocycles. The Hall–Kier alpha value is -3.27. The fourth-order valence-electron chi connectivity index (χ4n) is 3.71. The van der Waals surface area contributed by atoms with Gasteiger partial charge in [0.1, 0.15) is 18.2 Å². The average Bonchev–Trinajstić information content (AvgIpc) is 3.16. The van der Waals surface area contributed by atoms with Gasteiger partial charge < -0.3 is 9.30 Å². The summed E-state index contributed by atoms with van der Waals surface area (Å²) in [5.41, 5.74) is 5.07. The van der Waals surface area contributed by atoms with Crippen LogP contribution in [0.15, 0.2) is 97.1 Å². The average molecular weight is 459 g/mol. The van der Waals surface area contributed by atoms with Crippen LogP contribution in [0, 0.1) is 0 Å².